The van der Waals surface area contributed by atoms with Crippen molar-refractivity contribution in [3.8, 4) is 0 Å². The molecule has 0 saturated carbocycles. The van der Waals surface area contributed by atoms with Crippen LogP contribution in [0.2, 0.25) is 0 Å². The van der Waals surface area contributed by atoms with Crippen LogP contribution in [0.25, 0.3) is 0 Å². The van der Waals surface area contributed by atoms with Crippen molar-refractivity contribution in [2.75, 3.05) is 20.1 Å². The fourth-order valence-electron chi connectivity index (χ4n) is 2.47. The highest BCUT2D eigenvalue weighted by molar-refractivity contribution is 5.76. The summed E-state index contributed by atoms with van der Waals surface area (Å²) in [6, 6.07) is 10.9. The molecular weight excluding hydrogens is 224 g/mol. The van der Waals surface area contributed by atoms with Gasteiger partial charge in [-0.25, -0.2) is 0 Å². The summed E-state index contributed by atoms with van der Waals surface area (Å²) in [6.07, 6.45) is 3.70. The standard InChI is InChI=1S/C15H22N2O/c1-16-14-10-11-17(12-14)15(18)9-5-8-13-6-3-2-4-7-13/h2-4,6-7,14,16H,5,8-12H2,1H3. The van der Waals surface area contributed by atoms with Gasteiger partial charge in [-0.05, 0) is 31.9 Å². The quantitative estimate of drug-likeness (QED) is 0.859. The van der Waals surface area contributed by atoms with Crippen LogP contribution in [0.5, 0.6) is 0 Å². The molecule has 1 aliphatic rings. The first-order valence-corrected chi connectivity index (χ1v) is 6.78. The molecule has 1 aromatic rings. The maximum Gasteiger partial charge on any atom is 0.222 e. The molecule has 0 aliphatic carbocycles. The summed E-state index contributed by atoms with van der Waals surface area (Å²) < 4.78 is 0. The van der Waals surface area contributed by atoms with Gasteiger partial charge in [0.25, 0.3) is 0 Å². The van der Waals surface area contributed by atoms with E-state index in [9.17, 15) is 4.79 Å². The summed E-state index contributed by atoms with van der Waals surface area (Å²) in [5.74, 6) is 0.309. The molecule has 0 spiro atoms. The zero-order valence-corrected chi connectivity index (χ0v) is 11.1. The van der Waals surface area contributed by atoms with E-state index in [0.29, 0.717) is 18.4 Å². The number of carbonyl (C=O) groups excluding carboxylic acids is 1. The number of benzene rings is 1. The van der Waals surface area contributed by atoms with E-state index in [-0.39, 0.29) is 0 Å². The van der Waals surface area contributed by atoms with E-state index in [1.165, 1.54) is 5.56 Å². The monoisotopic (exact) mass is 246 g/mol. The highest BCUT2D eigenvalue weighted by atomic mass is 16.2. The number of nitrogens with one attached hydrogen (secondary N) is 1. The number of hydrogen-bond donors (Lipinski definition) is 1. The van der Waals surface area contributed by atoms with Crippen LogP contribution < -0.4 is 5.32 Å². The third kappa shape index (κ3) is 3.57. The average molecular weight is 246 g/mol. The van der Waals surface area contributed by atoms with Crippen molar-refractivity contribution in [3.05, 3.63) is 35.9 Å². The van der Waals surface area contributed by atoms with Crippen molar-refractivity contribution >= 4 is 5.91 Å². The second-order valence-corrected chi connectivity index (χ2v) is 4.95. The number of amides is 1. The number of nitrogens with zero attached hydrogens (tertiary/aromatic N) is 1. The van der Waals surface area contributed by atoms with Crippen LogP contribution in [0.4, 0.5) is 0 Å². The van der Waals surface area contributed by atoms with Crippen molar-refractivity contribution in [3.63, 3.8) is 0 Å². The van der Waals surface area contributed by atoms with Crippen LogP contribution >= 0.6 is 0 Å². The maximum absolute atomic E-state index is 12.0. The minimum Gasteiger partial charge on any atom is -0.341 e. The van der Waals surface area contributed by atoms with Crippen LogP contribution in [-0.2, 0) is 11.2 Å². The molecule has 1 aromatic carbocycles. The molecule has 3 nitrogen and oxygen atoms in total. The molecule has 1 amide bonds. The van der Waals surface area contributed by atoms with E-state index < -0.39 is 0 Å². The molecule has 1 N–H and O–H groups in total. The first-order chi connectivity index (χ1) is 8.79. The minimum absolute atomic E-state index is 0.309. The summed E-state index contributed by atoms with van der Waals surface area (Å²) >= 11 is 0. The van der Waals surface area contributed by atoms with E-state index in [1.54, 1.807) is 0 Å². The Balaban J connectivity index is 1.69. The average Bonchev–Trinajstić information content (AvgIpc) is 2.89. The van der Waals surface area contributed by atoms with Crippen molar-refractivity contribution in [1.82, 2.24) is 10.2 Å². The molecule has 1 unspecified atom stereocenters. The zero-order chi connectivity index (χ0) is 12.8. The molecule has 2 rings (SSSR count). The van der Waals surface area contributed by atoms with Crippen molar-refractivity contribution in [2.45, 2.75) is 31.7 Å². The predicted octanol–water partition coefficient (Wildman–Crippen LogP) is 1.83. The molecule has 1 saturated heterocycles. The molecule has 3 heteroatoms. The minimum atomic E-state index is 0.309. The van der Waals surface area contributed by atoms with E-state index in [2.05, 4.69) is 29.6 Å². The second kappa shape index (κ2) is 6.55. The maximum atomic E-state index is 12.0. The molecule has 0 aromatic heterocycles. The number of rotatable bonds is 5. The van der Waals surface area contributed by atoms with E-state index >= 15 is 0 Å². The molecule has 1 aliphatic heterocycles. The lowest BCUT2D eigenvalue weighted by molar-refractivity contribution is -0.130. The molecule has 1 atom stereocenters. The van der Waals surface area contributed by atoms with Gasteiger partial charge in [-0.15, -0.1) is 0 Å². The lowest BCUT2D eigenvalue weighted by atomic mass is 10.1. The molecule has 0 bridgehead atoms. The summed E-state index contributed by atoms with van der Waals surface area (Å²) in [6.45, 7) is 1.79. The molecule has 18 heavy (non-hydrogen) atoms. The van der Waals surface area contributed by atoms with E-state index in [4.69, 9.17) is 0 Å². The van der Waals surface area contributed by atoms with Crippen LogP contribution in [0.15, 0.2) is 30.3 Å². The summed E-state index contributed by atoms with van der Waals surface area (Å²) in [4.78, 5) is 14.0. The Morgan fingerprint density at radius 2 is 2.17 bits per heavy atom. The topological polar surface area (TPSA) is 32.3 Å². The first-order valence-electron chi connectivity index (χ1n) is 6.78. The van der Waals surface area contributed by atoms with Crippen LogP contribution in [0.1, 0.15) is 24.8 Å². The zero-order valence-electron chi connectivity index (χ0n) is 11.1. The molecule has 0 radical (unpaired) electrons. The van der Waals surface area contributed by atoms with Gasteiger partial charge in [0.1, 0.15) is 0 Å². The predicted molar refractivity (Wildman–Crippen MR) is 73.4 cm³/mol. The summed E-state index contributed by atoms with van der Waals surface area (Å²) in [5.41, 5.74) is 1.32. The molecule has 1 heterocycles. The van der Waals surface area contributed by atoms with Crippen molar-refractivity contribution in [1.29, 1.82) is 0 Å². The third-order valence-corrected chi connectivity index (χ3v) is 3.65. The van der Waals surface area contributed by atoms with Crippen LogP contribution in [0.3, 0.4) is 0 Å². The van der Waals surface area contributed by atoms with Gasteiger partial charge in [-0.2, -0.15) is 0 Å². The first kappa shape index (κ1) is 13.1. The Hall–Kier alpha value is -1.35. The van der Waals surface area contributed by atoms with Crippen molar-refractivity contribution in [2.24, 2.45) is 0 Å². The number of likely N-dealkylation sites (N-methyl/N-ethyl adjacent to an activating group) is 1. The lowest BCUT2D eigenvalue weighted by Gasteiger charge is -2.16. The Labute approximate surface area is 109 Å². The van der Waals surface area contributed by atoms with Gasteiger partial charge in [0, 0.05) is 25.6 Å². The Morgan fingerprint density at radius 1 is 1.39 bits per heavy atom. The van der Waals surface area contributed by atoms with E-state index in [0.717, 1.165) is 32.4 Å². The SMILES string of the molecule is CNC1CCN(C(=O)CCCc2ccccc2)C1. The molecule has 98 valence electrons. The highest BCUT2D eigenvalue weighted by Gasteiger charge is 2.24. The van der Waals surface area contributed by atoms with Gasteiger partial charge >= 0.3 is 0 Å². The Kier molecular flexibility index (Phi) is 4.76. The molecule has 1 fully saturated rings. The van der Waals surface area contributed by atoms with Gasteiger partial charge < -0.3 is 10.2 Å². The summed E-state index contributed by atoms with van der Waals surface area (Å²) in [5, 5.41) is 3.24. The van der Waals surface area contributed by atoms with Crippen LogP contribution in [-0.4, -0.2) is 37.0 Å². The van der Waals surface area contributed by atoms with Crippen LogP contribution in [0, 0.1) is 0 Å². The summed E-state index contributed by atoms with van der Waals surface area (Å²) in [7, 11) is 1.97. The number of carbonyl (C=O) groups is 1. The normalized spacial score (nSPS) is 19.2. The van der Waals surface area contributed by atoms with Crippen molar-refractivity contribution < 1.29 is 4.79 Å². The van der Waals surface area contributed by atoms with Gasteiger partial charge in [-0.3, -0.25) is 4.79 Å². The van der Waals surface area contributed by atoms with Gasteiger partial charge in [0.2, 0.25) is 5.91 Å². The Bertz CT molecular complexity index is 377. The molecular formula is C15H22N2O. The lowest BCUT2D eigenvalue weighted by Crippen LogP contribution is -2.33. The smallest absolute Gasteiger partial charge is 0.222 e. The third-order valence-electron chi connectivity index (χ3n) is 3.65. The Morgan fingerprint density at radius 3 is 2.83 bits per heavy atom. The highest BCUT2D eigenvalue weighted by Crippen LogP contribution is 2.12. The van der Waals surface area contributed by atoms with Gasteiger partial charge in [-0.1, -0.05) is 30.3 Å². The van der Waals surface area contributed by atoms with E-state index in [1.807, 2.05) is 18.0 Å². The fraction of sp³-hybridized carbons (Fsp3) is 0.533. The number of aryl methyl sites for hydroxylation is 1. The number of hydrogen-bond acceptors (Lipinski definition) is 2. The second-order valence-electron chi connectivity index (χ2n) is 4.95. The van der Waals surface area contributed by atoms with Gasteiger partial charge in [0.15, 0.2) is 0 Å². The fourth-order valence-corrected chi connectivity index (χ4v) is 2.47. The number of likely N-dealkylation sites (tertiary alicyclic amines) is 1. The largest absolute Gasteiger partial charge is 0.341 e. The van der Waals surface area contributed by atoms with Gasteiger partial charge in [0.05, 0.1) is 0 Å².